The first-order valence-electron chi connectivity index (χ1n) is 8.80. The molecule has 5 heteroatoms. The van der Waals surface area contributed by atoms with Crippen molar-refractivity contribution < 1.29 is 14.0 Å². The molecule has 26 heavy (non-hydrogen) atoms. The van der Waals surface area contributed by atoms with Crippen molar-refractivity contribution in [3.63, 3.8) is 0 Å². The Bertz CT molecular complexity index is 939. The largest absolute Gasteiger partial charge is 0.459 e. The van der Waals surface area contributed by atoms with Crippen molar-refractivity contribution in [3.05, 3.63) is 65.9 Å². The summed E-state index contributed by atoms with van der Waals surface area (Å²) in [5, 5.41) is 6.82. The number of carbonyl (C=O) groups is 2. The lowest BCUT2D eigenvalue weighted by molar-refractivity contribution is -0.117. The van der Waals surface area contributed by atoms with Crippen LogP contribution in [0.5, 0.6) is 0 Å². The Hall–Kier alpha value is -3.08. The Morgan fingerprint density at radius 2 is 1.88 bits per heavy atom. The number of furan rings is 1. The molecule has 1 aliphatic carbocycles. The van der Waals surface area contributed by atoms with Crippen LogP contribution in [0.4, 0.5) is 5.69 Å². The van der Waals surface area contributed by atoms with E-state index in [1.54, 1.807) is 24.3 Å². The Kier molecular flexibility index (Phi) is 4.21. The second-order valence-corrected chi connectivity index (χ2v) is 6.73. The summed E-state index contributed by atoms with van der Waals surface area (Å²) in [4.78, 5) is 24.4. The van der Waals surface area contributed by atoms with Gasteiger partial charge in [0.25, 0.3) is 5.91 Å². The number of para-hydroxylation sites is 1. The van der Waals surface area contributed by atoms with Gasteiger partial charge in [0.2, 0.25) is 5.91 Å². The Labute approximate surface area is 151 Å². The molecular formula is C21H20N2O3. The summed E-state index contributed by atoms with van der Waals surface area (Å²) in [6.45, 7) is 1.88. The molecular weight excluding hydrogens is 328 g/mol. The lowest BCUT2D eigenvalue weighted by Crippen LogP contribution is -2.26. The Morgan fingerprint density at radius 3 is 2.65 bits per heavy atom. The van der Waals surface area contributed by atoms with E-state index in [0.717, 1.165) is 23.8 Å². The molecule has 1 unspecified atom stereocenters. The molecule has 3 aromatic rings. The highest BCUT2D eigenvalue weighted by Crippen LogP contribution is 2.30. The summed E-state index contributed by atoms with van der Waals surface area (Å²) in [5.41, 5.74) is 1.95. The molecule has 1 heterocycles. The van der Waals surface area contributed by atoms with Gasteiger partial charge in [-0.15, -0.1) is 0 Å². The van der Waals surface area contributed by atoms with Crippen LogP contribution in [0.1, 0.15) is 41.9 Å². The topological polar surface area (TPSA) is 71.3 Å². The molecule has 0 radical (unpaired) electrons. The number of amides is 2. The van der Waals surface area contributed by atoms with Crippen molar-refractivity contribution in [2.45, 2.75) is 25.8 Å². The van der Waals surface area contributed by atoms with Crippen LogP contribution in [0.15, 0.2) is 59.0 Å². The lowest BCUT2D eigenvalue weighted by atomic mass is 10.1. The van der Waals surface area contributed by atoms with Crippen molar-refractivity contribution in [3.8, 4) is 0 Å². The van der Waals surface area contributed by atoms with Gasteiger partial charge in [0.15, 0.2) is 0 Å². The number of fused-ring (bicyclic) bond motifs is 1. The van der Waals surface area contributed by atoms with E-state index in [9.17, 15) is 9.59 Å². The van der Waals surface area contributed by atoms with Crippen molar-refractivity contribution in [2.24, 2.45) is 5.92 Å². The van der Waals surface area contributed by atoms with Gasteiger partial charge in [-0.05, 0) is 50.1 Å². The van der Waals surface area contributed by atoms with E-state index in [-0.39, 0.29) is 23.8 Å². The fraction of sp³-hybridized carbons (Fsp3) is 0.238. The number of rotatable bonds is 5. The van der Waals surface area contributed by atoms with E-state index in [4.69, 9.17) is 4.42 Å². The molecule has 0 aliphatic heterocycles. The zero-order chi connectivity index (χ0) is 18.1. The van der Waals surface area contributed by atoms with Crippen molar-refractivity contribution in [1.29, 1.82) is 0 Å². The molecule has 2 amide bonds. The van der Waals surface area contributed by atoms with Gasteiger partial charge in [-0.2, -0.15) is 0 Å². The minimum absolute atomic E-state index is 0.0261. The average Bonchev–Trinajstić information content (AvgIpc) is 3.40. The number of benzene rings is 2. The third-order valence-corrected chi connectivity index (χ3v) is 4.56. The summed E-state index contributed by atoms with van der Waals surface area (Å²) >= 11 is 0. The number of hydrogen-bond acceptors (Lipinski definition) is 3. The molecule has 132 valence electrons. The Morgan fingerprint density at radius 1 is 1.08 bits per heavy atom. The predicted octanol–water partition coefficient (Wildman–Crippen LogP) is 4.27. The number of anilines is 1. The maximum atomic E-state index is 12.6. The second kappa shape index (κ2) is 6.67. The Balaban J connectivity index is 1.45. The van der Waals surface area contributed by atoms with Crippen LogP contribution in [0.25, 0.3) is 11.0 Å². The zero-order valence-corrected chi connectivity index (χ0v) is 14.5. The summed E-state index contributed by atoms with van der Waals surface area (Å²) in [5.74, 6) is 0.650. The highest BCUT2D eigenvalue weighted by atomic mass is 16.3. The third kappa shape index (κ3) is 3.47. The lowest BCUT2D eigenvalue weighted by Gasteiger charge is -2.12. The van der Waals surface area contributed by atoms with E-state index in [1.165, 1.54) is 0 Å². The van der Waals surface area contributed by atoms with Gasteiger partial charge < -0.3 is 15.1 Å². The minimum atomic E-state index is -0.264. The average molecular weight is 348 g/mol. The van der Waals surface area contributed by atoms with Gasteiger partial charge in [-0.25, -0.2) is 0 Å². The van der Waals surface area contributed by atoms with Crippen LogP contribution in [0, 0.1) is 5.92 Å². The molecule has 1 aliphatic rings. The second-order valence-electron chi connectivity index (χ2n) is 6.73. The zero-order valence-electron chi connectivity index (χ0n) is 14.5. The highest BCUT2D eigenvalue weighted by Gasteiger charge is 2.29. The summed E-state index contributed by atoms with van der Waals surface area (Å²) in [6, 6.07) is 16.4. The van der Waals surface area contributed by atoms with E-state index in [2.05, 4.69) is 10.6 Å². The summed E-state index contributed by atoms with van der Waals surface area (Å²) < 4.78 is 5.80. The molecule has 5 nitrogen and oxygen atoms in total. The first-order valence-corrected chi connectivity index (χ1v) is 8.80. The number of nitrogens with one attached hydrogen (secondary N) is 2. The summed E-state index contributed by atoms with van der Waals surface area (Å²) in [7, 11) is 0. The highest BCUT2D eigenvalue weighted by molar-refractivity contribution is 5.98. The first kappa shape index (κ1) is 16.4. The molecule has 2 N–H and O–H groups in total. The van der Waals surface area contributed by atoms with Crippen LogP contribution in [0.2, 0.25) is 0 Å². The predicted molar refractivity (Wildman–Crippen MR) is 99.9 cm³/mol. The van der Waals surface area contributed by atoms with Gasteiger partial charge in [-0.3, -0.25) is 9.59 Å². The van der Waals surface area contributed by atoms with Crippen LogP contribution < -0.4 is 10.6 Å². The van der Waals surface area contributed by atoms with Gasteiger partial charge >= 0.3 is 0 Å². The summed E-state index contributed by atoms with van der Waals surface area (Å²) in [6.07, 6.45) is 1.89. The van der Waals surface area contributed by atoms with Crippen LogP contribution >= 0.6 is 0 Å². The van der Waals surface area contributed by atoms with Gasteiger partial charge in [-0.1, -0.05) is 24.3 Å². The molecule has 0 saturated heterocycles. The fourth-order valence-electron chi connectivity index (χ4n) is 2.89. The van der Waals surface area contributed by atoms with Crippen molar-refractivity contribution in [1.82, 2.24) is 5.32 Å². The molecule has 1 atom stereocenters. The van der Waals surface area contributed by atoms with E-state index >= 15 is 0 Å². The van der Waals surface area contributed by atoms with E-state index < -0.39 is 0 Å². The standard InChI is InChI=1S/C21H20N2O3/c1-13(19-12-15-5-2-3-8-18(15)26-19)22-21(25)16-6-4-7-17(11-16)23-20(24)14-9-10-14/h2-8,11-14H,9-10H2,1H3,(H,22,25)(H,23,24). The molecule has 0 bridgehead atoms. The maximum Gasteiger partial charge on any atom is 0.251 e. The van der Waals surface area contributed by atoms with E-state index in [0.29, 0.717) is 17.0 Å². The smallest absolute Gasteiger partial charge is 0.251 e. The number of hydrogen-bond donors (Lipinski definition) is 2. The van der Waals surface area contributed by atoms with Gasteiger partial charge in [0, 0.05) is 22.6 Å². The van der Waals surface area contributed by atoms with Crippen molar-refractivity contribution >= 4 is 28.5 Å². The molecule has 4 rings (SSSR count). The van der Waals surface area contributed by atoms with E-state index in [1.807, 2.05) is 37.3 Å². The molecule has 1 aromatic heterocycles. The SMILES string of the molecule is CC(NC(=O)c1cccc(NC(=O)C2CC2)c1)c1cc2ccccc2o1. The maximum absolute atomic E-state index is 12.6. The first-order chi connectivity index (χ1) is 12.6. The van der Waals surface area contributed by atoms with Crippen LogP contribution in [-0.4, -0.2) is 11.8 Å². The quantitative estimate of drug-likeness (QED) is 0.723. The van der Waals surface area contributed by atoms with Crippen molar-refractivity contribution in [2.75, 3.05) is 5.32 Å². The van der Waals surface area contributed by atoms with Gasteiger partial charge in [0.1, 0.15) is 11.3 Å². The minimum Gasteiger partial charge on any atom is -0.459 e. The monoisotopic (exact) mass is 348 g/mol. The molecule has 1 fully saturated rings. The van der Waals surface area contributed by atoms with Gasteiger partial charge in [0.05, 0.1) is 6.04 Å². The molecule has 0 spiro atoms. The van der Waals surface area contributed by atoms with Crippen LogP contribution in [-0.2, 0) is 4.79 Å². The third-order valence-electron chi connectivity index (χ3n) is 4.56. The van der Waals surface area contributed by atoms with Crippen LogP contribution in [0.3, 0.4) is 0 Å². The number of carbonyl (C=O) groups excluding carboxylic acids is 2. The normalized spacial score (nSPS) is 14.8. The molecule has 1 saturated carbocycles. The fourth-order valence-corrected chi connectivity index (χ4v) is 2.89. The molecule has 2 aromatic carbocycles.